The Bertz CT molecular complexity index is 439. The van der Waals surface area contributed by atoms with Crippen LogP contribution in [0.5, 0.6) is 0 Å². The molecule has 0 atom stereocenters. The number of carbonyl (C=O) groups excluding carboxylic acids is 1. The zero-order valence-electron chi connectivity index (χ0n) is 8.51. The summed E-state index contributed by atoms with van der Waals surface area (Å²) in [5.41, 5.74) is 8.08. The molecule has 2 amide bonds. The van der Waals surface area contributed by atoms with E-state index < -0.39 is 11.0 Å². The van der Waals surface area contributed by atoms with Crippen molar-refractivity contribution in [2.45, 2.75) is 6.92 Å². The van der Waals surface area contributed by atoms with E-state index >= 15 is 0 Å². The van der Waals surface area contributed by atoms with Gasteiger partial charge in [-0.1, -0.05) is 0 Å². The van der Waals surface area contributed by atoms with Crippen LogP contribution in [-0.4, -0.2) is 16.7 Å². The van der Waals surface area contributed by atoms with Gasteiger partial charge in [0.2, 0.25) is 0 Å². The fourth-order valence-corrected chi connectivity index (χ4v) is 1.03. The number of hydrogen-bond acceptors (Lipinski definition) is 4. The lowest BCUT2D eigenvalue weighted by Gasteiger charge is -2.00. The fourth-order valence-electron chi connectivity index (χ4n) is 1.03. The van der Waals surface area contributed by atoms with Crippen molar-refractivity contribution < 1.29 is 9.72 Å². The van der Waals surface area contributed by atoms with E-state index in [1.54, 1.807) is 19.1 Å². The Kier molecular flexibility index (Phi) is 3.54. The second-order valence-electron chi connectivity index (χ2n) is 2.98. The molecule has 0 unspecified atom stereocenters. The molecule has 0 aliphatic carbocycles. The summed E-state index contributed by atoms with van der Waals surface area (Å²) in [6, 6.07) is 5.04. The summed E-state index contributed by atoms with van der Waals surface area (Å²) >= 11 is 0. The van der Waals surface area contributed by atoms with Gasteiger partial charge in [-0.25, -0.2) is 10.2 Å². The molecule has 0 heterocycles. The van der Waals surface area contributed by atoms with Gasteiger partial charge in [-0.15, -0.1) is 0 Å². The topological polar surface area (TPSA) is 111 Å². The molecule has 0 aliphatic heterocycles. The molecule has 7 heteroatoms. The summed E-state index contributed by atoms with van der Waals surface area (Å²) in [4.78, 5) is 20.3. The number of urea groups is 1. The predicted molar refractivity (Wildman–Crippen MR) is 58.0 cm³/mol. The first-order valence-corrected chi connectivity index (χ1v) is 4.35. The van der Waals surface area contributed by atoms with E-state index in [1.165, 1.54) is 12.1 Å². The van der Waals surface area contributed by atoms with E-state index in [9.17, 15) is 14.9 Å². The maximum Gasteiger partial charge on any atom is 0.332 e. The third-order valence-corrected chi connectivity index (χ3v) is 1.83. The minimum Gasteiger partial charge on any atom is -0.350 e. The Balaban J connectivity index is 2.85. The third kappa shape index (κ3) is 3.05. The van der Waals surface area contributed by atoms with Gasteiger partial charge in [0.05, 0.1) is 10.6 Å². The van der Waals surface area contributed by atoms with Gasteiger partial charge in [0.1, 0.15) is 0 Å². The lowest BCUT2D eigenvalue weighted by atomic mass is 10.1. The molecule has 0 aromatic heterocycles. The quantitative estimate of drug-likeness (QED) is 0.451. The Morgan fingerprint density at radius 2 is 2.00 bits per heavy atom. The number of amides is 2. The second kappa shape index (κ2) is 4.87. The number of non-ortho nitro benzene ring substituents is 1. The maximum atomic E-state index is 10.4. The van der Waals surface area contributed by atoms with Gasteiger partial charge in [-0.05, 0) is 24.6 Å². The van der Waals surface area contributed by atoms with Gasteiger partial charge in [0, 0.05) is 12.1 Å². The van der Waals surface area contributed by atoms with Crippen molar-refractivity contribution in [2.24, 2.45) is 10.8 Å². The number of primary amides is 1. The number of nitro groups is 1. The van der Waals surface area contributed by atoms with Gasteiger partial charge in [-0.3, -0.25) is 10.1 Å². The van der Waals surface area contributed by atoms with Gasteiger partial charge >= 0.3 is 6.03 Å². The van der Waals surface area contributed by atoms with Crippen molar-refractivity contribution in [1.29, 1.82) is 0 Å². The van der Waals surface area contributed by atoms with E-state index in [1.807, 2.05) is 0 Å². The van der Waals surface area contributed by atoms with Crippen LogP contribution in [-0.2, 0) is 0 Å². The van der Waals surface area contributed by atoms with Crippen LogP contribution in [0.25, 0.3) is 0 Å². The predicted octanol–water partition coefficient (Wildman–Crippen LogP) is 0.987. The molecule has 0 bridgehead atoms. The highest BCUT2D eigenvalue weighted by atomic mass is 16.6. The largest absolute Gasteiger partial charge is 0.350 e. The number of nitrogens with two attached hydrogens (primary N) is 1. The molecule has 0 saturated carbocycles. The summed E-state index contributed by atoms with van der Waals surface area (Å²) in [6.45, 7) is 1.65. The molecular weight excluding hydrogens is 212 g/mol. The zero-order chi connectivity index (χ0) is 12.1. The van der Waals surface area contributed by atoms with Crippen LogP contribution in [0.4, 0.5) is 10.5 Å². The van der Waals surface area contributed by atoms with Crippen molar-refractivity contribution >= 4 is 17.4 Å². The van der Waals surface area contributed by atoms with Gasteiger partial charge in [0.25, 0.3) is 5.69 Å². The Labute approximate surface area is 91.1 Å². The number of nitrogens with zero attached hydrogens (tertiary/aromatic N) is 2. The first-order valence-electron chi connectivity index (χ1n) is 4.35. The fraction of sp³-hybridized carbons (Fsp3) is 0.111. The first kappa shape index (κ1) is 11.6. The zero-order valence-corrected chi connectivity index (χ0v) is 8.51. The van der Waals surface area contributed by atoms with Crippen LogP contribution >= 0.6 is 0 Å². The van der Waals surface area contributed by atoms with Crippen LogP contribution in [0.15, 0.2) is 29.4 Å². The van der Waals surface area contributed by atoms with Crippen molar-refractivity contribution in [3.8, 4) is 0 Å². The van der Waals surface area contributed by atoms with Crippen LogP contribution in [0.3, 0.4) is 0 Å². The van der Waals surface area contributed by atoms with Crippen molar-refractivity contribution in [3.63, 3.8) is 0 Å². The van der Waals surface area contributed by atoms with Crippen LogP contribution < -0.4 is 11.2 Å². The smallest absolute Gasteiger partial charge is 0.332 e. The summed E-state index contributed by atoms with van der Waals surface area (Å²) in [6.07, 6.45) is 0. The van der Waals surface area contributed by atoms with Gasteiger partial charge in [-0.2, -0.15) is 5.10 Å². The van der Waals surface area contributed by atoms with Crippen LogP contribution in [0.2, 0.25) is 0 Å². The number of hydrogen-bond donors (Lipinski definition) is 2. The molecule has 0 fully saturated rings. The normalized spacial score (nSPS) is 10.9. The SMILES string of the molecule is C/C(=N/NC(N)=O)c1ccc([N+](=O)[O-])cc1. The molecule has 16 heavy (non-hydrogen) atoms. The van der Waals surface area contributed by atoms with E-state index in [0.717, 1.165) is 0 Å². The Morgan fingerprint density at radius 1 is 1.44 bits per heavy atom. The van der Waals surface area contributed by atoms with Crippen molar-refractivity contribution in [1.82, 2.24) is 5.43 Å². The van der Waals surface area contributed by atoms with Crippen molar-refractivity contribution in [2.75, 3.05) is 0 Å². The standard InChI is InChI=1S/C9H10N4O3/c1-6(11-12-9(10)14)7-2-4-8(5-3-7)13(15)16/h2-5H,1H3,(H3,10,12,14)/b11-6-. The van der Waals surface area contributed by atoms with Crippen LogP contribution in [0.1, 0.15) is 12.5 Å². The number of carbonyl (C=O) groups is 1. The molecule has 0 saturated heterocycles. The first-order chi connectivity index (χ1) is 7.50. The minimum atomic E-state index is -0.763. The molecule has 1 aromatic carbocycles. The Hall–Kier alpha value is -2.44. The number of hydrazone groups is 1. The molecule has 0 radical (unpaired) electrons. The Morgan fingerprint density at radius 3 is 2.44 bits per heavy atom. The molecule has 7 nitrogen and oxygen atoms in total. The highest BCUT2D eigenvalue weighted by Crippen LogP contribution is 2.12. The average Bonchev–Trinajstić information content (AvgIpc) is 2.26. The molecule has 0 spiro atoms. The maximum absolute atomic E-state index is 10.4. The number of rotatable bonds is 3. The average molecular weight is 222 g/mol. The third-order valence-electron chi connectivity index (χ3n) is 1.83. The van der Waals surface area contributed by atoms with E-state index in [4.69, 9.17) is 5.73 Å². The monoisotopic (exact) mass is 222 g/mol. The van der Waals surface area contributed by atoms with Gasteiger partial charge in [0.15, 0.2) is 0 Å². The lowest BCUT2D eigenvalue weighted by molar-refractivity contribution is -0.384. The lowest BCUT2D eigenvalue weighted by Crippen LogP contribution is -2.25. The van der Waals surface area contributed by atoms with Gasteiger partial charge < -0.3 is 5.73 Å². The summed E-state index contributed by atoms with van der Waals surface area (Å²) < 4.78 is 0. The number of nitro benzene ring substituents is 1. The number of nitrogens with one attached hydrogen (secondary N) is 1. The summed E-state index contributed by atoms with van der Waals surface area (Å²) in [5, 5.41) is 14.1. The highest BCUT2D eigenvalue weighted by molar-refractivity contribution is 5.99. The van der Waals surface area contributed by atoms with Crippen molar-refractivity contribution in [3.05, 3.63) is 39.9 Å². The highest BCUT2D eigenvalue weighted by Gasteiger charge is 2.05. The number of benzene rings is 1. The molecule has 1 aromatic rings. The summed E-state index contributed by atoms with van der Waals surface area (Å²) in [5.74, 6) is 0. The molecule has 84 valence electrons. The molecule has 0 aliphatic rings. The van der Waals surface area contributed by atoms with E-state index in [2.05, 4.69) is 10.5 Å². The summed E-state index contributed by atoms with van der Waals surface area (Å²) in [7, 11) is 0. The molecule has 1 rings (SSSR count). The van der Waals surface area contributed by atoms with Crippen LogP contribution in [0, 0.1) is 10.1 Å². The molecule has 3 N–H and O–H groups in total. The second-order valence-corrected chi connectivity index (χ2v) is 2.98. The van der Waals surface area contributed by atoms with E-state index in [0.29, 0.717) is 11.3 Å². The minimum absolute atomic E-state index is 0.000546. The van der Waals surface area contributed by atoms with E-state index in [-0.39, 0.29) is 5.69 Å². The molecular formula is C9H10N4O3.